The first-order valence-electron chi connectivity index (χ1n) is 11.7. The van der Waals surface area contributed by atoms with Gasteiger partial charge in [-0.15, -0.1) is 0 Å². The minimum absolute atomic E-state index is 0.0445. The van der Waals surface area contributed by atoms with E-state index in [1.807, 2.05) is 24.3 Å². The summed E-state index contributed by atoms with van der Waals surface area (Å²) in [6.45, 7) is 7.48. The first kappa shape index (κ1) is 22.8. The number of nitrogens with zero attached hydrogens (tertiary/aromatic N) is 6. The zero-order valence-corrected chi connectivity index (χ0v) is 20.4. The average molecular weight is 472 g/mol. The van der Waals surface area contributed by atoms with Gasteiger partial charge < -0.3 is 10.2 Å². The van der Waals surface area contributed by atoms with Crippen molar-refractivity contribution in [2.24, 2.45) is 12.5 Å². The zero-order valence-electron chi connectivity index (χ0n) is 20.4. The van der Waals surface area contributed by atoms with Gasteiger partial charge >= 0.3 is 5.69 Å². The van der Waals surface area contributed by atoms with Crippen LogP contribution in [0, 0.1) is 5.41 Å². The lowest BCUT2D eigenvalue weighted by Gasteiger charge is -2.35. The maximum absolute atomic E-state index is 13.0. The summed E-state index contributed by atoms with van der Waals surface area (Å²) in [7, 11) is 1.76. The number of aryl methyl sites for hydroxylation is 1. The van der Waals surface area contributed by atoms with E-state index in [2.05, 4.69) is 53.1 Å². The van der Waals surface area contributed by atoms with Crippen molar-refractivity contribution < 1.29 is 4.79 Å². The number of para-hydroxylation sites is 1. The van der Waals surface area contributed by atoms with E-state index in [-0.39, 0.29) is 28.7 Å². The molecule has 9 heteroatoms. The van der Waals surface area contributed by atoms with E-state index in [1.54, 1.807) is 22.4 Å². The molecule has 3 aromatic heterocycles. The van der Waals surface area contributed by atoms with Crippen LogP contribution in [0.15, 0.2) is 59.8 Å². The molecule has 1 aromatic carbocycles. The Morgan fingerprint density at radius 3 is 2.69 bits per heavy atom. The molecule has 0 fully saturated rings. The molecule has 1 unspecified atom stereocenters. The average Bonchev–Trinajstić information content (AvgIpc) is 3.07. The molecule has 180 valence electrons. The highest BCUT2D eigenvalue weighted by Crippen LogP contribution is 2.33. The Morgan fingerprint density at radius 1 is 1.14 bits per heavy atom. The van der Waals surface area contributed by atoms with Gasteiger partial charge in [0.1, 0.15) is 11.5 Å². The Balaban J connectivity index is 1.51. The number of aromatic nitrogens is 5. The quantitative estimate of drug-likeness (QED) is 0.491. The monoisotopic (exact) mass is 471 g/mol. The largest absolute Gasteiger partial charge is 0.346 e. The molecule has 0 saturated heterocycles. The number of nitrogens with one attached hydrogen (secondary N) is 1. The number of imidazole rings is 1. The van der Waals surface area contributed by atoms with Gasteiger partial charge in [0, 0.05) is 38.2 Å². The first-order chi connectivity index (χ1) is 16.7. The molecule has 1 aliphatic rings. The van der Waals surface area contributed by atoms with Crippen LogP contribution < -0.4 is 15.9 Å². The fourth-order valence-corrected chi connectivity index (χ4v) is 4.63. The summed E-state index contributed by atoms with van der Waals surface area (Å²) in [4.78, 5) is 40.8. The van der Waals surface area contributed by atoms with Crippen molar-refractivity contribution in [3.63, 3.8) is 0 Å². The lowest BCUT2D eigenvalue weighted by Crippen LogP contribution is -2.47. The maximum atomic E-state index is 13.0. The van der Waals surface area contributed by atoms with Gasteiger partial charge in [0.15, 0.2) is 5.65 Å². The molecule has 1 atom stereocenters. The Kier molecular flexibility index (Phi) is 5.62. The minimum Gasteiger partial charge on any atom is -0.346 e. The summed E-state index contributed by atoms with van der Waals surface area (Å²) in [5, 5.41) is 3.09. The molecule has 0 bridgehead atoms. The third-order valence-corrected chi connectivity index (χ3v) is 6.16. The highest BCUT2D eigenvalue weighted by molar-refractivity contribution is 5.92. The summed E-state index contributed by atoms with van der Waals surface area (Å²) in [6, 6.07) is 11.9. The number of rotatable bonds is 4. The standard InChI is InChI=1S/C26H29N7O2/c1-26(2,3)16-33-21-9-10-22(30-23(21)31(4)25(33)35)32-15-18(13-17-7-5-6-8-20(17)32)29-24(34)19-14-27-11-12-28-19/h5-12,14,18H,13,15-16H2,1-4H3,(H,29,34). The fraction of sp³-hybridized carbons (Fsp3) is 0.346. The van der Waals surface area contributed by atoms with E-state index in [1.165, 1.54) is 12.4 Å². The van der Waals surface area contributed by atoms with Gasteiger partial charge in [0.25, 0.3) is 5.91 Å². The van der Waals surface area contributed by atoms with Crippen LogP contribution in [-0.2, 0) is 20.0 Å². The van der Waals surface area contributed by atoms with Gasteiger partial charge in [0.2, 0.25) is 0 Å². The topological polar surface area (TPSA) is 97.9 Å². The molecule has 5 rings (SSSR count). The third-order valence-electron chi connectivity index (χ3n) is 6.16. The Labute approximate surface area is 203 Å². The van der Waals surface area contributed by atoms with Crippen LogP contribution in [0.2, 0.25) is 0 Å². The van der Waals surface area contributed by atoms with Crippen molar-refractivity contribution in [1.82, 2.24) is 29.4 Å². The Morgan fingerprint density at radius 2 is 1.94 bits per heavy atom. The van der Waals surface area contributed by atoms with Crippen LogP contribution in [-0.4, -0.2) is 42.6 Å². The number of carbonyl (C=O) groups excluding carboxylic acids is 1. The summed E-state index contributed by atoms with van der Waals surface area (Å²) in [5.74, 6) is 0.472. The first-order valence-corrected chi connectivity index (χ1v) is 11.7. The molecule has 9 nitrogen and oxygen atoms in total. The normalized spacial score (nSPS) is 15.8. The van der Waals surface area contributed by atoms with Gasteiger partial charge in [-0.25, -0.2) is 14.8 Å². The van der Waals surface area contributed by atoms with E-state index < -0.39 is 0 Å². The maximum Gasteiger partial charge on any atom is 0.330 e. The summed E-state index contributed by atoms with van der Waals surface area (Å²) < 4.78 is 3.40. The number of carbonyl (C=O) groups is 1. The smallest absolute Gasteiger partial charge is 0.330 e. The van der Waals surface area contributed by atoms with Crippen LogP contribution in [0.1, 0.15) is 36.8 Å². The van der Waals surface area contributed by atoms with Gasteiger partial charge in [-0.3, -0.25) is 18.9 Å². The predicted molar refractivity (Wildman–Crippen MR) is 135 cm³/mol. The van der Waals surface area contributed by atoms with Gasteiger partial charge in [-0.1, -0.05) is 39.0 Å². The molecule has 35 heavy (non-hydrogen) atoms. The zero-order chi connectivity index (χ0) is 24.7. The van der Waals surface area contributed by atoms with E-state index >= 15 is 0 Å². The molecular weight excluding hydrogens is 442 g/mol. The third kappa shape index (κ3) is 4.41. The number of fused-ring (bicyclic) bond motifs is 2. The van der Waals surface area contributed by atoms with E-state index in [9.17, 15) is 9.59 Å². The van der Waals surface area contributed by atoms with E-state index in [0.717, 1.165) is 22.6 Å². The van der Waals surface area contributed by atoms with Crippen molar-refractivity contribution in [3.8, 4) is 0 Å². The number of anilines is 2. The summed E-state index contributed by atoms with van der Waals surface area (Å²) in [6.07, 6.45) is 5.20. The number of amides is 1. The van der Waals surface area contributed by atoms with Gasteiger partial charge in [-0.05, 0) is 35.6 Å². The molecular formula is C26H29N7O2. The van der Waals surface area contributed by atoms with Crippen molar-refractivity contribution in [2.75, 3.05) is 11.4 Å². The minimum atomic E-state index is -0.257. The van der Waals surface area contributed by atoms with E-state index in [4.69, 9.17) is 4.98 Å². The molecule has 4 aromatic rings. The second-order valence-electron chi connectivity index (χ2n) is 10.2. The van der Waals surface area contributed by atoms with Gasteiger partial charge in [-0.2, -0.15) is 0 Å². The van der Waals surface area contributed by atoms with Crippen LogP contribution in [0.4, 0.5) is 11.5 Å². The van der Waals surface area contributed by atoms with Crippen molar-refractivity contribution >= 4 is 28.6 Å². The summed E-state index contributed by atoms with van der Waals surface area (Å²) in [5.41, 5.74) is 3.78. The predicted octanol–water partition coefficient (Wildman–Crippen LogP) is 3.06. The van der Waals surface area contributed by atoms with Crippen LogP contribution in [0.5, 0.6) is 0 Å². The second-order valence-corrected chi connectivity index (χ2v) is 10.2. The van der Waals surface area contributed by atoms with Crippen molar-refractivity contribution in [3.05, 3.63) is 76.7 Å². The van der Waals surface area contributed by atoms with Crippen molar-refractivity contribution in [2.45, 2.75) is 39.8 Å². The molecule has 1 amide bonds. The summed E-state index contributed by atoms with van der Waals surface area (Å²) >= 11 is 0. The highest BCUT2D eigenvalue weighted by atomic mass is 16.2. The molecule has 0 aliphatic carbocycles. The van der Waals surface area contributed by atoms with E-state index in [0.29, 0.717) is 25.2 Å². The lowest BCUT2D eigenvalue weighted by molar-refractivity contribution is 0.0932. The number of pyridine rings is 1. The molecule has 4 heterocycles. The molecule has 1 N–H and O–H groups in total. The fourth-order valence-electron chi connectivity index (χ4n) is 4.63. The van der Waals surface area contributed by atoms with Gasteiger partial charge in [0.05, 0.1) is 17.8 Å². The van der Waals surface area contributed by atoms with Crippen LogP contribution in [0.3, 0.4) is 0 Å². The van der Waals surface area contributed by atoms with Crippen LogP contribution >= 0.6 is 0 Å². The second kappa shape index (κ2) is 8.65. The Bertz CT molecular complexity index is 1450. The van der Waals surface area contributed by atoms with Crippen molar-refractivity contribution in [1.29, 1.82) is 0 Å². The molecule has 0 saturated carbocycles. The lowest BCUT2D eigenvalue weighted by atomic mass is 9.97. The molecule has 0 radical (unpaired) electrons. The number of hydrogen-bond acceptors (Lipinski definition) is 6. The SMILES string of the molecule is Cn1c(=O)n(CC(C)(C)C)c2ccc(N3CC(NC(=O)c4cnccn4)Cc4ccccc43)nc21. The number of hydrogen-bond donors (Lipinski definition) is 1. The highest BCUT2D eigenvalue weighted by Gasteiger charge is 2.28. The number of benzene rings is 1. The Hall–Kier alpha value is -4.01. The van der Waals surface area contributed by atoms with Crippen LogP contribution in [0.25, 0.3) is 11.2 Å². The molecule has 1 aliphatic heterocycles. The molecule has 0 spiro atoms.